The summed E-state index contributed by atoms with van der Waals surface area (Å²) >= 11 is 0. The Morgan fingerprint density at radius 2 is 1.86 bits per heavy atom. The van der Waals surface area contributed by atoms with Gasteiger partial charge in [0.15, 0.2) is 5.82 Å². The number of nitrogens with zero attached hydrogens (tertiary/aromatic N) is 6. The van der Waals surface area contributed by atoms with Crippen LogP contribution in [-0.2, 0) is 18.6 Å². The average molecular weight is 488 g/mol. The second-order valence-electron chi connectivity index (χ2n) is 9.75. The molecule has 1 aromatic carbocycles. The smallest absolute Gasteiger partial charge is 0.270 e. The van der Waals surface area contributed by atoms with E-state index in [0.717, 1.165) is 18.4 Å². The molecule has 9 nitrogen and oxygen atoms in total. The Kier molecular flexibility index (Phi) is 4.96. The van der Waals surface area contributed by atoms with Crippen LogP contribution < -0.4 is 0 Å². The van der Waals surface area contributed by atoms with E-state index in [-0.39, 0.29) is 24.2 Å². The van der Waals surface area contributed by atoms with Crippen LogP contribution in [0.25, 0.3) is 10.9 Å². The van der Waals surface area contributed by atoms with E-state index in [4.69, 9.17) is 0 Å². The van der Waals surface area contributed by atoms with Crippen LogP contribution in [0.3, 0.4) is 0 Å². The van der Waals surface area contributed by atoms with Crippen LogP contribution in [0.1, 0.15) is 56.3 Å². The molecule has 2 aliphatic rings. The monoisotopic (exact) mass is 487 g/mol. The van der Waals surface area contributed by atoms with Crippen LogP contribution in [0.5, 0.6) is 0 Å². The highest BCUT2D eigenvalue weighted by atomic mass is 19.1. The molecule has 0 unspecified atom stereocenters. The number of rotatable bonds is 4. The van der Waals surface area contributed by atoms with Gasteiger partial charge in [0.05, 0.1) is 30.5 Å². The first-order valence-corrected chi connectivity index (χ1v) is 12.0. The lowest BCUT2D eigenvalue weighted by molar-refractivity contribution is 0.0665. The van der Waals surface area contributed by atoms with E-state index in [2.05, 4.69) is 20.1 Å². The minimum Gasteiger partial charge on any atom is -0.351 e. The number of H-pyrrole nitrogens is 1. The van der Waals surface area contributed by atoms with Gasteiger partial charge in [0.1, 0.15) is 17.1 Å². The van der Waals surface area contributed by atoms with Crippen molar-refractivity contribution in [3.05, 3.63) is 76.5 Å². The maximum Gasteiger partial charge on any atom is 0.270 e. The van der Waals surface area contributed by atoms with Crippen molar-refractivity contribution in [1.29, 1.82) is 0 Å². The topological polar surface area (TPSA) is 100 Å². The van der Waals surface area contributed by atoms with Crippen LogP contribution in [0.4, 0.5) is 4.39 Å². The average Bonchev–Trinajstić information content (AvgIpc) is 3.39. The summed E-state index contributed by atoms with van der Waals surface area (Å²) in [5, 5.41) is 5.11. The summed E-state index contributed by atoms with van der Waals surface area (Å²) in [6.45, 7) is 4.82. The molecule has 0 saturated heterocycles. The summed E-state index contributed by atoms with van der Waals surface area (Å²) < 4.78 is 15.8. The number of amides is 2. The molecule has 0 bridgehead atoms. The Morgan fingerprint density at radius 3 is 2.58 bits per heavy atom. The number of benzene rings is 1. The fourth-order valence-corrected chi connectivity index (χ4v) is 5.04. The van der Waals surface area contributed by atoms with E-state index in [1.807, 2.05) is 6.92 Å². The van der Waals surface area contributed by atoms with Gasteiger partial charge in [-0.25, -0.2) is 14.4 Å². The predicted octanol–water partition coefficient (Wildman–Crippen LogP) is 3.33. The molecule has 1 aliphatic heterocycles. The van der Waals surface area contributed by atoms with Gasteiger partial charge in [-0.2, -0.15) is 5.10 Å². The number of halogens is 1. The minimum atomic E-state index is -0.513. The molecule has 6 rings (SSSR count). The number of nitrogens with one attached hydrogen (secondary N) is 1. The maximum atomic E-state index is 14.0. The fraction of sp³-hybridized carbons (Fsp3) is 0.346. The molecule has 1 saturated carbocycles. The molecular weight excluding hydrogens is 461 g/mol. The summed E-state index contributed by atoms with van der Waals surface area (Å²) in [5.41, 5.74) is 3.24. The van der Waals surface area contributed by atoms with E-state index in [0.29, 0.717) is 52.3 Å². The number of aryl methyl sites for hydroxylation is 2. The fourth-order valence-electron chi connectivity index (χ4n) is 5.04. The number of carbonyl (C=O) groups excluding carboxylic acids is 2. The number of hydrogen-bond donors (Lipinski definition) is 1. The molecule has 10 heteroatoms. The summed E-state index contributed by atoms with van der Waals surface area (Å²) in [4.78, 5) is 42.4. The molecule has 0 atom stereocenters. The lowest BCUT2D eigenvalue weighted by Gasteiger charge is -2.30. The van der Waals surface area contributed by atoms with Crippen molar-refractivity contribution in [2.75, 3.05) is 13.6 Å². The molecule has 1 N–H and O–H groups in total. The molecule has 1 fully saturated rings. The standard InChI is InChI=1S/C26H26FN7O2/c1-15-11-28-25(29-12-15)26(6-7-26)32(3)23(35)18-13-30-34-9-8-33(14-22(18)34)24(36)21-10-17-16(2)19(27)4-5-20(17)31-21/h4-5,10-13,31H,6-9,14H2,1-3H3. The summed E-state index contributed by atoms with van der Waals surface area (Å²) in [6, 6.07) is 4.72. The summed E-state index contributed by atoms with van der Waals surface area (Å²) in [7, 11) is 1.78. The normalized spacial score (nSPS) is 16.2. The van der Waals surface area contributed by atoms with E-state index in [1.54, 1.807) is 59.2 Å². The number of hydrogen-bond acceptors (Lipinski definition) is 5. The van der Waals surface area contributed by atoms with Crippen LogP contribution >= 0.6 is 0 Å². The van der Waals surface area contributed by atoms with Gasteiger partial charge in [-0.3, -0.25) is 14.3 Å². The van der Waals surface area contributed by atoms with E-state index in [9.17, 15) is 14.0 Å². The largest absolute Gasteiger partial charge is 0.351 e. The van der Waals surface area contributed by atoms with Gasteiger partial charge in [0.2, 0.25) is 0 Å². The second-order valence-corrected chi connectivity index (χ2v) is 9.75. The first-order valence-electron chi connectivity index (χ1n) is 12.0. The van der Waals surface area contributed by atoms with Crippen molar-refractivity contribution in [2.24, 2.45) is 0 Å². The SMILES string of the molecule is Cc1cnc(C2(N(C)C(=O)c3cnn4c3CN(C(=O)c3cc5c(C)c(F)ccc5[nH]3)CC4)CC2)nc1. The molecule has 2 amide bonds. The Hall–Kier alpha value is -4.08. The first-order chi connectivity index (χ1) is 17.3. The third-order valence-electron chi connectivity index (χ3n) is 7.49. The van der Waals surface area contributed by atoms with Crippen molar-refractivity contribution in [3.63, 3.8) is 0 Å². The van der Waals surface area contributed by atoms with Crippen molar-refractivity contribution in [2.45, 2.75) is 45.3 Å². The number of carbonyl (C=O) groups is 2. The highest BCUT2D eigenvalue weighted by Crippen LogP contribution is 2.49. The molecular formula is C26H26FN7O2. The Bertz CT molecular complexity index is 1520. The highest BCUT2D eigenvalue weighted by molar-refractivity contribution is 5.99. The quantitative estimate of drug-likeness (QED) is 0.476. The number of aromatic nitrogens is 5. The van der Waals surface area contributed by atoms with Crippen LogP contribution in [0.2, 0.25) is 0 Å². The van der Waals surface area contributed by atoms with E-state index in [1.165, 1.54) is 6.07 Å². The van der Waals surface area contributed by atoms with Crippen molar-refractivity contribution in [3.8, 4) is 0 Å². The zero-order valence-electron chi connectivity index (χ0n) is 20.4. The van der Waals surface area contributed by atoms with E-state index >= 15 is 0 Å². The predicted molar refractivity (Wildman–Crippen MR) is 130 cm³/mol. The molecule has 184 valence electrons. The second kappa shape index (κ2) is 7.97. The number of fused-ring (bicyclic) bond motifs is 2. The minimum absolute atomic E-state index is 0.163. The van der Waals surface area contributed by atoms with Crippen molar-refractivity contribution in [1.82, 2.24) is 34.5 Å². The molecule has 4 heterocycles. The molecule has 0 spiro atoms. The molecule has 36 heavy (non-hydrogen) atoms. The van der Waals surface area contributed by atoms with Crippen LogP contribution in [0, 0.1) is 19.7 Å². The summed E-state index contributed by atoms with van der Waals surface area (Å²) in [6.07, 6.45) is 6.72. The van der Waals surface area contributed by atoms with Gasteiger partial charge in [-0.15, -0.1) is 0 Å². The van der Waals surface area contributed by atoms with Gasteiger partial charge in [0.25, 0.3) is 11.8 Å². The van der Waals surface area contributed by atoms with Crippen molar-refractivity contribution >= 4 is 22.7 Å². The van der Waals surface area contributed by atoms with Gasteiger partial charge < -0.3 is 14.8 Å². The Morgan fingerprint density at radius 1 is 1.11 bits per heavy atom. The highest BCUT2D eigenvalue weighted by Gasteiger charge is 2.53. The Labute approximate surface area is 206 Å². The van der Waals surface area contributed by atoms with Crippen molar-refractivity contribution < 1.29 is 14.0 Å². The van der Waals surface area contributed by atoms with Gasteiger partial charge in [0, 0.05) is 36.9 Å². The Balaban J connectivity index is 1.26. The number of aromatic amines is 1. The third-order valence-corrected chi connectivity index (χ3v) is 7.49. The first kappa shape index (κ1) is 22.4. The molecule has 1 aliphatic carbocycles. The molecule has 3 aromatic heterocycles. The van der Waals surface area contributed by atoms with E-state index < -0.39 is 5.54 Å². The maximum absolute atomic E-state index is 14.0. The van der Waals surface area contributed by atoms with Gasteiger partial charge >= 0.3 is 0 Å². The lowest BCUT2D eigenvalue weighted by atomic mass is 10.1. The molecule has 0 radical (unpaired) electrons. The summed E-state index contributed by atoms with van der Waals surface area (Å²) in [5.74, 6) is -0.0210. The van der Waals surface area contributed by atoms with Gasteiger partial charge in [-0.1, -0.05) is 0 Å². The van der Waals surface area contributed by atoms with Gasteiger partial charge in [-0.05, 0) is 56.0 Å². The zero-order valence-corrected chi connectivity index (χ0v) is 20.4. The lowest BCUT2D eigenvalue weighted by Crippen LogP contribution is -2.41. The van der Waals surface area contributed by atoms with Crippen LogP contribution in [0.15, 0.2) is 36.8 Å². The zero-order chi connectivity index (χ0) is 25.2. The molecule has 4 aromatic rings. The third kappa shape index (κ3) is 3.39. The van der Waals surface area contributed by atoms with Crippen LogP contribution in [-0.4, -0.2) is 59.9 Å².